The first-order chi connectivity index (χ1) is 9.01. The Morgan fingerprint density at radius 3 is 2.11 bits per heavy atom. The van der Waals surface area contributed by atoms with Gasteiger partial charge >= 0.3 is 0 Å². The summed E-state index contributed by atoms with van der Waals surface area (Å²) in [7, 11) is 0. The molecule has 1 rings (SSSR count). The van der Waals surface area contributed by atoms with Crippen molar-refractivity contribution < 1.29 is 0 Å². The second-order valence-electron chi connectivity index (χ2n) is 5.77. The quantitative estimate of drug-likeness (QED) is 0.812. The average molecular weight is 262 g/mol. The fraction of sp³-hybridized carbons (Fsp3) is 0.647. The fourth-order valence-electron chi connectivity index (χ4n) is 2.70. The van der Waals surface area contributed by atoms with Crippen LogP contribution in [0.1, 0.15) is 49.9 Å². The maximum atomic E-state index is 6.06. The number of nitrogens with zero attached hydrogens (tertiary/aromatic N) is 1. The van der Waals surface area contributed by atoms with Gasteiger partial charge in [-0.1, -0.05) is 56.5 Å². The van der Waals surface area contributed by atoms with Gasteiger partial charge in [0.05, 0.1) is 0 Å². The van der Waals surface area contributed by atoms with E-state index in [-0.39, 0.29) is 0 Å². The number of hydrogen-bond donors (Lipinski definition) is 1. The molecule has 0 heterocycles. The third-order valence-electron chi connectivity index (χ3n) is 3.94. The molecule has 0 radical (unpaired) electrons. The number of likely N-dealkylation sites (N-methyl/N-ethyl adjacent to an activating group) is 1. The molecule has 0 spiro atoms. The van der Waals surface area contributed by atoms with Crippen molar-refractivity contribution in [1.82, 2.24) is 4.90 Å². The molecule has 2 unspecified atom stereocenters. The van der Waals surface area contributed by atoms with Crippen LogP contribution < -0.4 is 5.73 Å². The van der Waals surface area contributed by atoms with Gasteiger partial charge in [-0.25, -0.2) is 0 Å². The molecule has 2 atom stereocenters. The highest BCUT2D eigenvalue weighted by Gasteiger charge is 2.19. The highest BCUT2D eigenvalue weighted by molar-refractivity contribution is 5.31. The molecule has 108 valence electrons. The molecule has 0 saturated carbocycles. The molecule has 1 aromatic rings. The Balaban J connectivity index is 2.96. The number of benzene rings is 1. The molecule has 0 aliphatic carbocycles. The second-order valence-corrected chi connectivity index (χ2v) is 5.77. The van der Waals surface area contributed by atoms with Crippen molar-refractivity contribution in [3.8, 4) is 0 Å². The first-order valence-corrected chi connectivity index (χ1v) is 7.54. The van der Waals surface area contributed by atoms with E-state index in [1.54, 1.807) is 0 Å². The Kier molecular flexibility index (Phi) is 6.53. The minimum absolute atomic E-state index is 0.345. The van der Waals surface area contributed by atoms with Crippen molar-refractivity contribution in [1.29, 1.82) is 0 Å². The topological polar surface area (TPSA) is 29.3 Å². The van der Waals surface area contributed by atoms with Crippen molar-refractivity contribution in [2.75, 3.05) is 19.6 Å². The summed E-state index contributed by atoms with van der Waals surface area (Å²) in [6.45, 7) is 14.0. The van der Waals surface area contributed by atoms with Crippen LogP contribution >= 0.6 is 0 Å². The molecule has 2 nitrogen and oxygen atoms in total. The standard InChI is InChI=1S/C17H30N2/c1-6-13(3)12-19(7-2)17(11-18)16-9-14(4)8-15(5)10-16/h8-10,13,17H,6-7,11-12,18H2,1-5H3. The molecular weight excluding hydrogens is 232 g/mol. The molecule has 0 fully saturated rings. The Bertz CT molecular complexity index is 367. The lowest BCUT2D eigenvalue weighted by molar-refractivity contribution is 0.182. The highest BCUT2D eigenvalue weighted by Crippen LogP contribution is 2.23. The van der Waals surface area contributed by atoms with Crippen LogP contribution in [0.25, 0.3) is 0 Å². The van der Waals surface area contributed by atoms with E-state index in [1.165, 1.54) is 23.1 Å². The second kappa shape index (κ2) is 7.66. The van der Waals surface area contributed by atoms with Crippen molar-refractivity contribution in [3.05, 3.63) is 34.9 Å². The molecule has 0 aliphatic heterocycles. The van der Waals surface area contributed by atoms with Crippen LogP contribution in [0.2, 0.25) is 0 Å². The average Bonchev–Trinajstić information content (AvgIpc) is 2.37. The fourth-order valence-corrected chi connectivity index (χ4v) is 2.70. The van der Waals surface area contributed by atoms with E-state index < -0.39 is 0 Å². The monoisotopic (exact) mass is 262 g/mol. The Morgan fingerprint density at radius 2 is 1.68 bits per heavy atom. The Labute approximate surface area is 119 Å². The van der Waals surface area contributed by atoms with Gasteiger partial charge < -0.3 is 5.73 Å². The smallest absolute Gasteiger partial charge is 0.0470 e. The van der Waals surface area contributed by atoms with Gasteiger partial charge in [-0.05, 0) is 31.9 Å². The molecule has 0 aromatic heterocycles. The maximum absolute atomic E-state index is 6.06. The first-order valence-electron chi connectivity index (χ1n) is 7.54. The number of rotatable bonds is 7. The molecule has 0 aliphatic rings. The number of nitrogens with two attached hydrogens (primary N) is 1. The molecule has 2 heteroatoms. The minimum atomic E-state index is 0.345. The zero-order valence-electron chi connectivity index (χ0n) is 13.2. The van der Waals surface area contributed by atoms with Crippen molar-refractivity contribution in [3.63, 3.8) is 0 Å². The van der Waals surface area contributed by atoms with Crippen LogP contribution in [0.4, 0.5) is 0 Å². The van der Waals surface area contributed by atoms with E-state index in [0.29, 0.717) is 12.6 Å². The molecule has 19 heavy (non-hydrogen) atoms. The van der Waals surface area contributed by atoms with E-state index >= 15 is 0 Å². The lowest BCUT2D eigenvalue weighted by Crippen LogP contribution is -2.36. The molecule has 2 N–H and O–H groups in total. The lowest BCUT2D eigenvalue weighted by Gasteiger charge is -2.32. The third kappa shape index (κ3) is 4.63. The summed E-state index contributed by atoms with van der Waals surface area (Å²) in [6, 6.07) is 7.13. The summed E-state index contributed by atoms with van der Waals surface area (Å²) in [6.07, 6.45) is 1.22. The summed E-state index contributed by atoms with van der Waals surface area (Å²) < 4.78 is 0. The summed E-state index contributed by atoms with van der Waals surface area (Å²) in [5, 5.41) is 0. The molecule has 0 bridgehead atoms. The molecular formula is C17H30N2. The van der Waals surface area contributed by atoms with E-state index in [4.69, 9.17) is 5.73 Å². The largest absolute Gasteiger partial charge is 0.329 e. The minimum Gasteiger partial charge on any atom is -0.329 e. The molecule has 0 amide bonds. The first kappa shape index (κ1) is 16.2. The highest BCUT2D eigenvalue weighted by atomic mass is 15.2. The number of aryl methyl sites for hydroxylation is 2. The summed E-state index contributed by atoms with van der Waals surface area (Å²) >= 11 is 0. The summed E-state index contributed by atoms with van der Waals surface area (Å²) in [5.74, 6) is 0.722. The number of hydrogen-bond acceptors (Lipinski definition) is 2. The lowest BCUT2D eigenvalue weighted by atomic mass is 9.98. The van der Waals surface area contributed by atoms with Crippen molar-refractivity contribution in [2.24, 2.45) is 11.7 Å². The van der Waals surface area contributed by atoms with Gasteiger partial charge in [0.15, 0.2) is 0 Å². The van der Waals surface area contributed by atoms with Crippen LogP contribution in [0.15, 0.2) is 18.2 Å². The van der Waals surface area contributed by atoms with Gasteiger partial charge in [0.1, 0.15) is 0 Å². The van der Waals surface area contributed by atoms with Crippen LogP contribution in [-0.4, -0.2) is 24.5 Å². The van der Waals surface area contributed by atoms with Crippen LogP contribution in [0.5, 0.6) is 0 Å². The summed E-state index contributed by atoms with van der Waals surface area (Å²) in [4.78, 5) is 2.52. The van der Waals surface area contributed by atoms with Gasteiger partial charge in [0.25, 0.3) is 0 Å². The Hall–Kier alpha value is -0.860. The molecule has 0 saturated heterocycles. The van der Waals surface area contributed by atoms with E-state index in [9.17, 15) is 0 Å². The van der Waals surface area contributed by atoms with Crippen LogP contribution in [0.3, 0.4) is 0 Å². The van der Waals surface area contributed by atoms with E-state index in [2.05, 4.69) is 57.7 Å². The molecule has 1 aromatic carbocycles. The van der Waals surface area contributed by atoms with Crippen LogP contribution in [0, 0.1) is 19.8 Å². The van der Waals surface area contributed by atoms with Crippen molar-refractivity contribution in [2.45, 2.75) is 47.1 Å². The van der Waals surface area contributed by atoms with E-state index in [0.717, 1.165) is 19.0 Å². The van der Waals surface area contributed by atoms with Gasteiger partial charge in [0.2, 0.25) is 0 Å². The predicted molar refractivity (Wildman–Crippen MR) is 84.4 cm³/mol. The van der Waals surface area contributed by atoms with Crippen molar-refractivity contribution >= 4 is 0 Å². The SMILES string of the molecule is CCC(C)CN(CC)C(CN)c1cc(C)cc(C)c1. The van der Waals surface area contributed by atoms with Gasteiger partial charge in [0, 0.05) is 19.1 Å². The van der Waals surface area contributed by atoms with Gasteiger partial charge in [-0.15, -0.1) is 0 Å². The normalized spacial score (nSPS) is 14.7. The zero-order valence-corrected chi connectivity index (χ0v) is 13.2. The maximum Gasteiger partial charge on any atom is 0.0470 e. The van der Waals surface area contributed by atoms with Crippen LogP contribution in [-0.2, 0) is 0 Å². The van der Waals surface area contributed by atoms with Gasteiger partial charge in [-0.3, -0.25) is 4.90 Å². The third-order valence-corrected chi connectivity index (χ3v) is 3.94. The predicted octanol–water partition coefficient (Wildman–Crippen LogP) is 3.67. The Morgan fingerprint density at radius 1 is 1.11 bits per heavy atom. The van der Waals surface area contributed by atoms with E-state index in [1.807, 2.05) is 0 Å². The summed E-state index contributed by atoms with van der Waals surface area (Å²) in [5.41, 5.74) is 10.1. The van der Waals surface area contributed by atoms with Gasteiger partial charge in [-0.2, -0.15) is 0 Å². The zero-order chi connectivity index (χ0) is 14.4.